The van der Waals surface area contributed by atoms with Crippen LogP contribution in [0.2, 0.25) is 0 Å². The van der Waals surface area contributed by atoms with E-state index in [1.165, 1.54) is 5.56 Å². The molecule has 1 aromatic carbocycles. The van der Waals surface area contributed by atoms with Crippen molar-refractivity contribution in [1.82, 2.24) is 9.97 Å². The standard InChI is InChI=1S/C16H20N2/c1-12-14(10-16(2,3)4)11-17-15(18-12)13-8-6-5-7-9-13/h5-9,11H,10H2,1-4H3. The highest BCUT2D eigenvalue weighted by molar-refractivity contribution is 5.54. The van der Waals surface area contributed by atoms with E-state index in [0.29, 0.717) is 0 Å². The van der Waals surface area contributed by atoms with E-state index in [0.717, 1.165) is 23.5 Å². The summed E-state index contributed by atoms with van der Waals surface area (Å²) in [5, 5.41) is 0. The van der Waals surface area contributed by atoms with E-state index in [4.69, 9.17) is 0 Å². The Morgan fingerprint density at radius 2 is 1.72 bits per heavy atom. The smallest absolute Gasteiger partial charge is 0.159 e. The molecule has 2 rings (SSSR count). The molecule has 18 heavy (non-hydrogen) atoms. The van der Waals surface area contributed by atoms with Gasteiger partial charge < -0.3 is 0 Å². The predicted octanol–water partition coefficient (Wildman–Crippen LogP) is 4.04. The van der Waals surface area contributed by atoms with Crippen LogP contribution in [0.1, 0.15) is 32.0 Å². The summed E-state index contributed by atoms with van der Waals surface area (Å²) in [7, 11) is 0. The molecule has 0 aliphatic rings. The third-order valence-electron chi connectivity index (χ3n) is 2.83. The number of hydrogen-bond acceptors (Lipinski definition) is 2. The summed E-state index contributed by atoms with van der Waals surface area (Å²) in [5.74, 6) is 0.811. The van der Waals surface area contributed by atoms with Crippen molar-refractivity contribution in [2.45, 2.75) is 34.1 Å². The molecular formula is C16H20N2. The molecule has 0 spiro atoms. The highest BCUT2D eigenvalue weighted by atomic mass is 14.9. The molecule has 0 N–H and O–H groups in total. The summed E-state index contributed by atoms with van der Waals surface area (Å²) in [6.45, 7) is 8.77. The Morgan fingerprint density at radius 1 is 1.06 bits per heavy atom. The maximum absolute atomic E-state index is 4.62. The van der Waals surface area contributed by atoms with E-state index >= 15 is 0 Å². The fourth-order valence-electron chi connectivity index (χ4n) is 1.96. The van der Waals surface area contributed by atoms with Gasteiger partial charge in [-0.2, -0.15) is 0 Å². The number of nitrogens with zero attached hydrogens (tertiary/aromatic N) is 2. The molecule has 1 heterocycles. The maximum Gasteiger partial charge on any atom is 0.159 e. The van der Waals surface area contributed by atoms with E-state index in [-0.39, 0.29) is 5.41 Å². The lowest BCUT2D eigenvalue weighted by atomic mass is 9.88. The zero-order valence-corrected chi connectivity index (χ0v) is 11.6. The lowest BCUT2D eigenvalue weighted by Crippen LogP contribution is -2.11. The topological polar surface area (TPSA) is 25.8 Å². The van der Waals surface area contributed by atoms with Crippen LogP contribution in [0.3, 0.4) is 0 Å². The van der Waals surface area contributed by atoms with Crippen LogP contribution in [0.25, 0.3) is 11.4 Å². The molecule has 2 aromatic rings. The molecule has 2 nitrogen and oxygen atoms in total. The van der Waals surface area contributed by atoms with Crippen molar-refractivity contribution in [1.29, 1.82) is 0 Å². The van der Waals surface area contributed by atoms with Crippen molar-refractivity contribution < 1.29 is 0 Å². The van der Waals surface area contributed by atoms with Gasteiger partial charge in [-0.15, -0.1) is 0 Å². The molecule has 2 heteroatoms. The van der Waals surface area contributed by atoms with Crippen molar-refractivity contribution in [2.24, 2.45) is 5.41 Å². The van der Waals surface area contributed by atoms with Gasteiger partial charge in [0.25, 0.3) is 0 Å². The fraction of sp³-hybridized carbons (Fsp3) is 0.375. The molecule has 0 bridgehead atoms. The highest BCUT2D eigenvalue weighted by Crippen LogP contribution is 2.23. The Hall–Kier alpha value is -1.70. The van der Waals surface area contributed by atoms with Crippen molar-refractivity contribution in [2.75, 3.05) is 0 Å². The van der Waals surface area contributed by atoms with Crippen molar-refractivity contribution in [3.05, 3.63) is 47.8 Å². The second kappa shape index (κ2) is 4.89. The number of aryl methyl sites for hydroxylation is 1. The van der Waals surface area contributed by atoms with E-state index in [2.05, 4.69) is 37.7 Å². The summed E-state index contributed by atoms with van der Waals surface area (Å²) >= 11 is 0. The number of rotatable bonds is 2. The van der Waals surface area contributed by atoms with Crippen molar-refractivity contribution in [3.63, 3.8) is 0 Å². The van der Waals surface area contributed by atoms with Gasteiger partial charge in [0, 0.05) is 17.5 Å². The van der Waals surface area contributed by atoms with E-state index in [1.54, 1.807) is 0 Å². The quantitative estimate of drug-likeness (QED) is 0.791. The maximum atomic E-state index is 4.62. The van der Waals surface area contributed by atoms with Crippen LogP contribution in [-0.4, -0.2) is 9.97 Å². The molecule has 0 saturated carbocycles. The van der Waals surface area contributed by atoms with Crippen LogP contribution in [0.5, 0.6) is 0 Å². The van der Waals surface area contributed by atoms with Gasteiger partial charge in [0.2, 0.25) is 0 Å². The molecule has 0 aliphatic carbocycles. The molecule has 0 fully saturated rings. The Kier molecular flexibility index (Phi) is 3.46. The first-order valence-electron chi connectivity index (χ1n) is 6.34. The number of aromatic nitrogens is 2. The Balaban J connectivity index is 2.31. The molecule has 0 aliphatic heterocycles. The first kappa shape index (κ1) is 12.7. The van der Waals surface area contributed by atoms with Crippen LogP contribution in [0.15, 0.2) is 36.5 Å². The molecule has 0 unspecified atom stereocenters. The molecule has 0 atom stereocenters. The lowest BCUT2D eigenvalue weighted by molar-refractivity contribution is 0.409. The average molecular weight is 240 g/mol. The Bertz CT molecular complexity index is 525. The second-order valence-electron chi connectivity index (χ2n) is 5.91. The normalized spacial score (nSPS) is 11.6. The summed E-state index contributed by atoms with van der Waals surface area (Å²) in [6, 6.07) is 10.1. The average Bonchev–Trinajstić information content (AvgIpc) is 2.31. The van der Waals surface area contributed by atoms with Crippen LogP contribution in [0.4, 0.5) is 0 Å². The third kappa shape index (κ3) is 3.16. The van der Waals surface area contributed by atoms with Crippen LogP contribution in [-0.2, 0) is 6.42 Å². The summed E-state index contributed by atoms with van der Waals surface area (Å²) < 4.78 is 0. The first-order chi connectivity index (χ1) is 8.46. The van der Waals surface area contributed by atoms with Gasteiger partial charge in [0.1, 0.15) is 0 Å². The van der Waals surface area contributed by atoms with Crippen molar-refractivity contribution in [3.8, 4) is 11.4 Å². The van der Waals surface area contributed by atoms with Gasteiger partial charge in [0.05, 0.1) is 0 Å². The molecule has 94 valence electrons. The minimum atomic E-state index is 0.266. The zero-order chi connectivity index (χ0) is 13.2. The van der Waals surface area contributed by atoms with Gasteiger partial charge in [-0.05, 0) is 24.3 Å². The number of hydrogen-bond donors (Lipinski definition) is 0. The van der Waals surface area contributed by atoms with E-state index in [1.807, 2.05) is 36.5 Å². The monoisotopic (exact) mass is 240 g/mol. The van der Waals surface area contributed by atoms with Gasteiger partial charge in [-0.1, -0.05) is 51.1 Å². The predicted molar refractivity (Wildman–Crippen MR) is 75.4 cm³/mol. The SMILES string of the molecule is Cc1nc(-c2ccccc2)ncc1CC(C)(C)C. The largest absolute Gasteiger partial charge is 0.236 e. The third-order valence-corrected chi connectivity index (χ3v) is 2.83. The molecule has 1 aromatic heterocycles. The lowest BCUT2D eigenvalue weighted by Gasteiger charge is -2.19. The highest BCUT2D eigenvalue weighted by Gasteiger charge is 2.14. The minimum Gasteiger partial charge on any atom is -0.236 e. The van der Waals surface area contributed by atoms with Gasteiger partial charge in [0.15, 0.2) is 5.82 Å². The molecular weight excluding hydrogens is 220 g/mol. The Morgan fingerprint density at radius 3 is 2.28 bits per heavy atom. The summed E-state index contributed by atoms with van der Waals surface area (Å²) in [5.41, 5.74) is 3.66. The number of benzene rings is 1. The molecule has 0 radical (unpaired) electrons. The van der Waals surface area contributed by atoms with Gasteiger partial charge >= 0.3 is 0 Å². The molecule has 0 saturated heterocycles. The van der Waals surface area contributed by atoms with Gasteiger partial charge in [-0.25, -0.2) is 9.97 Å². The van der Waals surface area contributed by atoms with E-state index in [9.17, 15) is 0 Å². The summed E-state index contributed by atoms with van der Waals surface area (Å²) in [6.07, 6.45) is 2.98. The van der Waals surface area contributed by atoms with Crippen molar-refractivity contribution >= 4 is 0 Å². The second-order valence-corrected chi connectivity index (χ2v) is 5.91. The Labute approximate surface area is 109 Å². The fourth-order valence-corrected chi connectivity index (χ4v) is 1.96. The summed E-state index contributed by atoms with van der Waals surface area (Å²) in [4.78, 5) is 9.10. The van der Waals surface area contributed by atoms with Gasteiger partial charge in [-0.3, -0.25) is 0 Å². The first-order valence-corrected chi connectivity index (χ1v) is 6.34. The van der Waals surface area contributed by atoms with E-state index < -0.39 is 0 Å². The van der Waals surface area contributed by atoms with Crippen LogP contribution < -0.4 is 0 Å². The minimum absolute atomic E-state index is 0.266. The van der Waals surface area contributed by atoms with Crippen LogP contribution >= 0.6 is 0 Å². The zero-order valence-electron chi connectivity index (χ0n) is 11.6. The van der Waals surface area contributed by atoms with Crippen LogP contribution in [0, 0.1) is 12.3 Å². The molecule has 0 amide bonds.